The second-order valence-electron chi connectivity index (χ2n) is 9.46. The number of para-hydroxylation sites is 1. The first-order valence-corrected chi connectivity index (χ1v) is 12.5. The van der Waals surface area contributed by atoms with E-state index in [1.54, 1.807) is 0 Å². The molecular formula is C34H21N3. The van der Waals surface area contributed by atoms with Crippen molar-refractivity contribution in [3.8, 4) is 22.3 Å². The number of hydrogen-bond donors (Lipinski definition) is 0. The van der Waals surface area contributed by atoms with Gasteiger partial charge >= 0.3 is 0 Å². The maximum absolute atomic E-state index is 4.66. The van der Waals surface area contributed by atoms with Crippen molar-refractivity contribution in [1.29, 1.82) is 0 Å². The highest BCUT2D eigenvalue weighted by atomic mass is 15.1. The summed E-state index contributed by atoms with van der Waals surface area (Å²) in [6.07, 6.45) is 5.72. The molecule has 5 aromatic carbocycles. The molecule has 0 unspecified atom stereocenters. The summed E-state index contributed by atoms with van der Waals surface area (Å²) in [6, 6.07) is 39.0. The van der Waals surface area contributed by atoms with Crippen molar-refractivity contribution in [3.05, 3.63) is 128 Å². The number of anilines is 3. The summed E-state index contributed by atoms with van der Waals surface area (Å²) in [5, 5.41) is 5.93. The van der Waals surface area contributed by atoms with Gasteiger partial charge in [0, 0.05) is 40.1 Å². The van der Waals surface area contributed by atoms with Crippen molar-refractivity contribution >= 4 is 49.5 Å². The van der Waals surface area contributed by atoms with E-state index in [1.165, 1.54) is 33.0 Å². The van der Waals surface area contributed by atoms with Gasteiger partial charge in [-0.3, -0.25) is 9.97 Å². The Kier molecular flexibility index (Phi) is 4.23. The molecule has 0 spiro atoms. The van der Waals surface area contributed by atoms with Crippen molar-refractivity contribution in [3.63, 3.8) is 0 Å². The van der Waals surface area contributed by atoms with Gasteiger partial charge in [0.1, 0.15) is 0 Å². The third kappa shape index (κ3) is 2.88. The SMILES string of the molecule is c1ccc2c(c1)-c1cccc3c(N(c4cccc5cnccc45)c4ccnc5ccccc45)ccc-2c13. The molecule has 3 heteroatoms. The number of nitrogens with zero attached hydrogens (tertiary/aromatic N) is 3. The Hall–Kier alpha value is -5.02. The average Bonchev–Trinajstić information content (AvgIpc) is 3.30. The molecule has 0 amide bonds. The van der Waals surface area contributed by atoms with E-state index in [0.717, 1.165) is 38.7 Å². The number of pyridine rings is 2. The minimum atomic E-state index is 0.977. The summed E-state index contributed by atoms with van der Waals surface area (Å²) in [6.45, 7) is 0. The number of hydrogen-bond acceptors (Lipinski definition) is 3. The van der Waals surface area contributed by atoms with Crippen LogP contribution in [0.25, 0.3) is 54.7 Å². The Labute approximate surface area is 214 Å². The van der Waals surface area contributed by atoms with Crippen molar-refractivity contribution in [2.24, 2.45) is 0 Å². The van der Waals surface area contributed by atoms with Crippen LogP contribution in [0.3, 0.4) is 0 Å². The fourth-order valence-electron chi connectivity index (χ4n) is 5.95. The van der Waals surface area contributed by atoms with E-state index in [-0.39, 0.29) is 0 Å². The molecule has 0 saturated heterocycles. The van der Waals surface area contributed by atoms with Crippen LogP contribution in [0, 0.1) is 0 Å². The van der Waals surface area contributed by atoms with E-state index < -0.39 is 0 Å². The van der Waals surface area contributed by atoms with Gasteiger partial charge in [0.15, 0.2) is 0 Å². The summed E-state index contributed by atoms with van der Waals surface area (Å²) < 4.78 is 0. The lowest BCUT2D eigenvalue weighted by Crippen LogP contribution is -2.12. The van der Waals surface area contributed by atoms with E-state index >= 15 is 0 Å². The number of fused-ring (bicyclic) bond motifs is 5. The first-order valence-electron chi connectivity index (χ1n) is 12.5. The largest absolute Gasteiger partial charge is 0.309 e. The normalized spacial score (nSPS) is 11.8. The molecule has 0 saturated carbocycles. The van der Waals surface area contributed by atoms with Gasteiger partial charge in [-0.25, -0.2) is 0 Å². The number of benzene rings is 5. The van der Waals surface area contributed by atoms with E-state index in [0.29, 0.717) is 0 Å². The molecule has 2 heterocycles. The van der Waals surface area contributed by atoms with Crippen molar-refractivity contribution in [2.45, 2.75) is 0 Å². The molecule has 0 radical (unpaired) electrons. The molecule has 2 aromatic heterocycles. The molecule has 8 rings (SSSR count). The Morgan fingerprint density at radius 2 is 1.16 bits per heavy atom. The summed E-state index contributed by atoms with van der Waals surface area (Å²) in [7, 11) is 0. The highest BCUT2D eigenvalue weighted by Crippen LogP contribution is 2.51. The standard InChI is InChI=1S/C34H21N3/c1-2-9-25-24(8-1)26-11-6-12-29-32(16-15-27(25)34(26)29)37(31-14-5-7-22-21-35-19-17-23(22)31)33-18-20-36-30-13-4-3-10-28(30)33/h1-21H. The van der Waals surface area contributed by atoms with Gasteiger partial charge < -0.3 is 4.90 Å². The zero-order chi connectivity index (χ0) is 24.3. The molecule has 0 atom stereocenters. The Morgan fingerprint density at radius 3 is 2.08 bits per heavy atom. The smallest absolute Gasteiger partial charge is 0.0723 e. The van der Waals surface area contributed by atoms with Crippen LogP contribution in [0.5, 0.6) is 0 Å². The first-order chi connectivity index (χ1) is 18.4. The van der Waals surface area contributed by atoms with Crippen LogP contribution >= 0.6 is 0 Å². The molecular weight excluding hydrogens is 450 g/mol. The average molecular weight is 472 g/mol. The summed E-state index contributed by atoms with van der Waals surface area (Å²) >= 11 is 0. The lowest BCUT2D eigenvalue weighted by Gasteiger charge is -2.29. The van der Waals surface area contributed by atoms with E-state index in [1.807, 2.05) is 24.7 Å². The zero-order valence-corrected chi connectivity index (χ0v) is 20.0. The molecule has 0 fully saturated rings. The molecule has 172 valence electrons. The fourth-order valence-corrected chi connectivity index (χ4v) is 5.95. The van der Waals surface area contributed by atoms with Gasteiger partial charge in [0.2, 0.25) is 0 Å². The highest BCUT2D eigenvalue weighted by Gasteiger charge is 2.25. The third-order valence-corrected chi connectivity index (χ3v) is 7.53. The lowest BCUT2D eigenvalue weighted by molar-refractivity contribution is 1.30. The van der Waals surface area contributed by atoms with E-state index in [9.17, 15) is 0 Å². The van der Waals surface area contributed by atoms with Gasteiger partial charge in [-0.05, 0) is 58.0 Å². The maximum atomic E-state index is 4.66. The van der Waals surface area contributed by atoms with Crippen LogP contribution in [0.4, 0.5) is 17.1 Å². The van der Waals surface area contributed by atoms with Gasteiger partial charge in [-0.2, -0.15) is 0 Å². The number of aromatic nitrogens is 2. The minimum absolute atomic E-state index is 0.977. The molecule has 0 N–H and O–H groups in total. The van der Waals surface area contributed by atoms with Crippen LogP contribution in [0.2, 0.25) is 0 Å². The Balaban J connectivity index is 1.50. The van der Waals surface area contributed by atoms with Crippen LogP contribution in [0.15, 0.2) is 128 Å². The fraction of sp³-hybridized carbons (Fsp3) is 0. The molecule has 3 nitrogen and oxygen atoms in total. The molecule has 0 aliphatic heterocycles. The third-order valence-electron chi connectivity index (χ3n) is 7.53. The van der Waals surface area contributed by atoms with Gasteiger partial charge in [0.25, 0.3) is 0 Å². The Morgan fingerprint density at radius 1 is 0.459 bits per heavy atom. The second-order valence-corrected chi connectivity index (χ2v) is 9.46. The van der Waals surface area contributed by atoms with Gasteiger partial charge in [0.05, 0.1) is 22.6 Å². The van der Waals surface area contributed by atoms with Crippen LogP contribution in [-0.4, -0.2) is 9.97 Å². The highest BCUT2D eigenvalue weighted by molar-refractivity contribution is 6.20. The van der Waals surface area contributed by atoms with Gasteiger partial charge in [-0.15, -0.1) is 0 Å². The van der Waals surface area contributed by atoms with Crippen molar-refractivity contribution < 1.29 is 0 Å². The van der Waals surface area contributed by atoms with Crippen molar-refractivity contribution in [2.75, 3.05) is 4.90 Å². The topological polar surface area (TPSA) is 29.0 Å². The monoisotopic (exact) mass is 471 g/mol. The Bertz CT molecular complexity index is 1890. The number of rotatable bonds is 3. The van der Waals surface area contributed by atoms with Crippen LogP contribution in [-0.2, 0) is 0 Å². The van der Waals surface area contributed by atoms with E-state index in [4.69, 9.17) is 0 Å². The van der Waals surface area contributed by atoms with E-state index in [2.05, 4.69) is 118 Å². The zero-order valence-electron chi connectivity index (χ0n) is 20.0. The second kappa shape index (κ2) is 7.74. The predicted molar refractivity (Wildman–Crippen MR) is 154 cm³/mol. The molecule has 1 aliphatic carbocycles. The molecule has 7 aromatic rings. The minimum Gasteiger partial charge on any atom is -0.309 e. The maximum Gasteiger partial charge on any atom is 0.0723 e. The molecule has 37 heavy (non-hydrogen) atoms. The van der Waals surface area contributed by atoms with Crippen LogP contribution in [0.1, 0.15) is 0 Å². The molecule has 1 aliphatic rings. The summed E-state index contributed by atoms with van der Waals surface area (Å²) in [5.41, 5.74) is 9.55. The van der Waals surface area contributed by atoms with Gasteiger partial charge in [-0.1, -0.05) is 78.9 Å². The summed E-state index contributed by atoms with van der Waals surface area (Å²) in [5.74, 6) is 0. The lowest BCUT2D eigenvalue weighted by atomic mass is 9.99. The quantitative estimate of drug-likeness (QED) is 0.257. The first kappa shape index (κ1) is 20.2. The van der Waals surface area contributed by atoms with Crippen LogP contribution < -0.4 is 4.90 Å². The summed E-state index contributed by atoms with van der Waals surface area (Å²) in [4.78, 5) is 11.5. The predicted octanol–water partition coefficient (Wildman–Crippen LogP) is 9.05. The molecule has 0 bridgehead atoms. The van der Waals surface area contributed by atoms with Crippen molar-refractivity contribution in [1.82, 2.24) is 9.97 Å².